The van der Waals surface area contributed by atoms with Crippen molar-refractivity contribution in [2.24, 2.45) is 0 Å². The van der Waals surface area contributed by atoms with Crippen molar-refractivity contribution in [3.8, 4) is 0 Å². The summed E-state index contributed by atoms with van der Waals surface area (Å²) >= 11 is 5.99. The molecule has 0 unspecified atom stereocenters. The van der Waals surface area contributed by atoms with E-state index in [2.05, 4.69) is 15.6 Å². The number of rotatable bonds is 4. The average molecular weight is 285 g/mol. The number of hydrogen-bond acceptors (Lipinski definition) is 3. The third-order valence-corrected chi connectivity index (χ3v) is 2.86. The minimum atomic E-state index is -0.672. The van der Waals surface area contributed by atoms with E-state index in [-0.39, 0.29) is 18.9 Å². The third-order valence-electron chi connectivity index (χ3n) is 2.46. The first kappa shape index (κ1) is 15.3. The lowest BCUT2D eigenvalue weighted by molar-refractivity contribution is -0.121. The fourth-order valence-corrected chi connectivity index (χ4v) is 1.60. The Bertz CT molecular complexity index is 463. The van der Waals surface area contributed by atoms with Gasteiger partial charge in [0.1, 0.15) is 0 Å². The number of carbonyl (C=O) groups is 2. The molecule has 0 bridgehead atoms. The van der Waals surface area contributed by atoms with Gasteiger partial charge in [0.25, 0.3) is 0 Å². The van der Waals surface area contributed by atoms with Gasteiger partial charge >= 0.3 is 6.09 Å². The Labute approximate surface area is 117 Å². The lowest BCUT2D eigenvalue weighted by Gasteiger charge is -2.07. The predicted octanol–water partition coefficient (Wildman–Crippen LogP) is 2.36. The smallest absolute Gasteiger partial charge is 0.426 e. The Kier molecular flexibility index (Phi) is 6.15. The zero-order chi connectivity index (χ0) is 14.3. The van der Waals surface area contributed by atoms with Gasteiger partial charge in [-0.15, -0.1) is 0 Å². The molecule has 5 nitrogen and oxygen atoms in total. The summed E-state index contributed by atoms with van der Waals surface area (Å²) in [5.41, 5.74) is 6.39. The van der Waals surface area contributed by atoms with Gasteiger partial charge in [-0.1, -0.05) is 23.7 Å². The van der Waals surface area contributed by atoms with Gasteiger partial charge in [0.15, 0.2) is 0 Å². The molecule has 0 fully saturated rings. The molecule has 2 N–H and O–H groups in total. The lowest BCUT2D eigenvalue weighted by Crippen LogP contribution is -2.42. The molecule has 1 aromatic rings. The Balaban J connectivity index is 2.33. The number of aryl methyl sites for hydroxylation is 2. The maximum atomic E-state index is 11.5. The number of benzene rings is 1. The summed E-state index contributed by atoms with van der Waals surface area (Å²) in [6.45, 7) is 3.86. The monoisotopic (exact) mass is 284 g/mol. The van der Waals surface area contributed by atoms with Crippen molar-refractivity contribution >= 4 is 23.6 Å². The van der Waals surface area contributed by atoms with Crippen molar-refractivity contribution < 1.29 is 14.3 Å². The molecule has 0 aliphatic rings. The maximum absolute atomic E-state index is 11.5. The Morgan fingerprint density at radius 1 is 1.32 bits per heavy atom. The van der Waals surface area contributed by atoms with Gasteiger partial charge in [-0.05, 0) is 37.5 Å². The number of nitrogens with one attached hydrogen (secondary N) is 2. The molecule has 0 aliphatic carbocycles. The van der Waals surface area contributed by atoms with Crippen molar-refractivity contribution in [1.82, 2.24) is 10.9 Å². The predicted molar refractivity (Wildman–Crippen MR) is 72.8 cm³/mol. The standard InChI is InChI=1S/C13H17ClN2O3/c1-3-19-13(18)16-15-12(17)7-6-10-5-4-9(2)11(14)8-10/h4-5,8H,3,6-7H2,1-2H3,(H,15,17)(H,16,18). The van der Waals surface area contributed by atoms with Gasteiger partial charge < -0.3 is 4.74 Å². The maximum Gasteiger partial charge on any atom is 0.426 e. The van der Waals surface area contributed by atoms with Crippen LogP contribution in [0.25, 0.3) is 0 Å². The molecular weight excluding hydrogens is 268 g/mol. The summed E-state index contributed by atoms with van der Waals surface area (Å²) < 4.78 is 4.60. The molecule has 0 aliphatic heterocycles. The number of halogens is 1. The molecule has 6 heteroatoms. The van der Waals surface area contributed by atoms with E-state index in [4.69, 9.17) is 11.6 Å². The SMILES string of the molecule is CCOC(=O)NNC(=O)CCc1ccc(C)c(Cl)c1. The number of hydrazine groups is 1. The molecule has 1 aromatic carbocycles. The molecule has 2 amide bonds. The van der Waals surface area contributed by atoms with Crippen molar-refractivity contribution in [2.75, 3.05) is 6.61 Å². The molecule has 0 radical (unpaired) electrons. The summed E-state index contributed by atoms with van der Waals surface area (Å²) in [6.07, 6.45) is 0.136. The highest BCUT2D eigenvalue weighted by atomic mass is 35.5. The van der Waals surface area contributed by atoms with Crippen LogP contribution in [0.15, 0.2) is 18.2 Å². The zero-order valence-electron chi connectivity index (χ0n) is 11.0. The Morgan fingerprint density at radius 2 is 2.05 bits per heavy atom. The van der Waals surface area contributed by atoms with E-state index in [1.807, 2.05) is 25.1 Å². The van der Waals surface area contributed by atoms with E-state index in [0.29, 0.717) is 11.4 Å². The number of carbonyl (C=O) groups excluding carboxylic acids is 2. The van der Waals surface area contributed by atoms with Crippen LogP contribution in [0.1, 0.15) is 24.5 Å². The second-order valence-corrected chi connectivity index (χ2v) is 4.38. The van der Waals surface area contributed by atoms with Gasteiger partial charge in [-0.25, -0.2) is 10.2 Å². The van der Waals surface area contributed by atoms with Crippen LogP contribution in [0.5, 0.6) is 0 Å². The van der Waals surface area contributed by atoms with E-state index in [1.54, 1.807) is 6.92 Å². The molecule has 104 valence electrons. The van der Waals surface area contributed by atoms with Crippen molar-refractivity contribution in [3.63, 3.8) is 0 Å². The van der Waals surface area contributed by atoms with Gasteiger partial charge in [0.05, 0.1) is 6.61 Å². The molecule has 0 aromatic heterocycles. The van der Waals surface area contributed by atoms with Gasteiger partial charge in [-0.3, -0.25) is 10.2 Å². The molecule has 0 heterocycles. The first-order valence-corrected chi connectivity index (χ1v) is 6.37. The highest BCUT2D eigenvalue weighted by molar-refractivity contribution is 6.31. The summed E-state index contributed by atoms with van der Waals surface area (Å²) in [4.78, 5) is 22.4. The summed E-state index contributed by atoms with van der Waals surface area (Å²) in [6, 6.07) is 5.67. The second-order valence-electron chi connectivity index (χ2n) is 3.98. The molecule has 0 saturated heterocycles. The molecule has 0 spiro atoms. The van der Waals surface area contributed by atoms with E-state index >= 15 is 0 Å². The molecule has 0 saturated carbocycles. The fraction of sp³-hybridized carbons (Fsp3) is 0.385. The van der Waals surface area contributed by atoms with Gasteiger partial charge in [0.2, 0.25) is 5.91 Å². The number of ether oxygens (including phenoxy) is 1. The van der Waals surface area contributed by atoms with Crippen LogP contribution < -0.4 is 10.9 Å². The van der Waals surface area contributed by atoms with Crippen molar-refractivity contribution in [1.29, 1.82) is 0 Å². The Morgan fingerprint density at radius 3 is 2.68 bits per heavy atom. The highest BCUT2D eigenvalue weighted by Gasteiger charge is 2.05. The summed E-state index contributed by atoms with van der Waals surface area (Å²) in [5.74, 6) is -0.287. The summed E-state index contributed by atoms with van der Waals surface area (Å²) in [5, 5.41) is 0.683. The average Bonchev–Trinajstić information content (AvgIpc) is 2.38. The molecule has 0 atom stereocenters. The zero-order valence-corrected chi connectivity index (χ0v) is 11.7. The van der Waals surface area contributed by atoms with Gasteiger partial charge in [0, 0.05) is 11.4 Å². The second kappa shape index (κ2) is 7.63. The topological polar surface area (TPSA) is 67.4 Å². The largest absolute Gasteiger partial charge is 0.449 e. The fourth-order valence-electron chi connectivity index (χ4n) is 1.40. The van der Waals surface area contributed by atoms with E-state index in [0.717, 1.165) is 11.1 Å². The van der Waals surface area contributed by atoms with Crippen LogP contribution >= 0.6 is 11.6 Å². The van der Waals surface area contributed by atoms with Crippen LogP contribution in [0.3, 0.4) is 0 Å². The third kappa shape index (κ3) is 5.61. The van der Waals surface area contributed by atoms with Crippen LogP contribution in [-0.2, 0) is 16.0 Å². The Hall–Kier alpha value is -1.75. The normalized spacial score (nSPS) is 9.84. The first-order chi connectivity index (χ1) is 9.02. The molecule has 19 heavy (non-hydrogen) atoms. The van der Waals surface area contributed by atoms with Crippen molar-refractivity contribution in [3.05, 3.63) is 34.3 Å². The van der Waals surface area contributed by atoms with Crippen molar-refractivity contribution in [2.45, 2.75) is 26.7 Å². The minimum Gasteiger partial charge on any atom is -0.449 e. The quantitative estimate of drug-likeness (QED) is 0.834. The lowest BCUT2D eigenvalue weighted by atomic mass is 10.1. The van der Waals surface area contributed by atoms with Crippen LogP contribution in [0.4, 0.5) is 4.79 Å². The molecule has 1 rings (SSSR count). The van der Waals surface area contributed by atoms with Gasteiger partial charge in [-0.2, -0.15) is 0 Å². The van der Waals surface area contributed by atoms with Crippen LogP contribution in [-0.4, -0.2) is 18.6 Å². The van der Waals surface area contributed by atoms with E-state index < -0.39 is 6.09 Å². The van der Waals surface area contributed by atoms with E-state index in [9.17, 15) is 9.59 Å². The first-order valence-electron chi connectivity index (χ1n) is 5.99. The van der Waals surface area contributed by atoms with Crippen LogP contribution in [0.2, 0.25) is 5.02 Å². The highest BCUT2D eigenvalue weighted by Crippen LogP contribution is 2.17. The number of hydrogen-bond donors (Lipinski definition) is 2. The number of amides is 2. The van der Waals surface area contributed by atoms with E-state index in [1.165, 1.54) is 0 Å². The summed E-state index contributed by atoms with van der Waals surface area (Å²) in [7, 11) is 0. The minimum absolute atomic E-state index is 0.254. The molecular formula is C13H17ClN2O3. The van der Waals surface area contributed by atoms with Crippen LogP contribution in [0, 0.1) is 6.92 Å².